The van der Waals surface area contributed by atoms with Gasteiger partial charge in [0.1, 0.15) is 17.1 Å². The summed E-state index contributed by atoms with van der Waals surface area (Å²) in [4.78, 5) is 36.5. The van der Waals surface area contributed by atoms with Gasteiger partial charge in [-0.15, -0.1) is 0 Å². The number of rotatable bonds is 3. The van der Waals surface area contributed by atoms with Crippen LogP contribution >= 0.6 is 0 Å². The largest absolute Gasteiger partial charge is 0.398 e. The molecule has 26 heavy (non-hydrogen) atoms. The monoisotopic (exact) mass is 350 g/mol. The number of aliphatic imine (C=N–C) groups is 1. The molecule has 3 rings (SSSR count). The molecule has 0 unspecified atom stereocenters. The fraction of sp³-hybridized carbons (Fsp3) is 0.111. The van der Waals surface area contributed by atoms with Gasteiger partial charge in [-0.2, -0.15) is 0 Å². The molecule has 0 fully saturated rings. The smallest absolute Gasteiger partial charge is 0.271 e. The van der Waals surface area contributed by atoms with E-state index in [2.05, 4.69) is 15.0 Å². The molecule has 5 N–H and O–H groups in total. The molecule has 1 amide bonds. The number of nitrogens with zero attached hydrogens (tertiary/aromatic N) is 3. The van der Waals surface area contributed by atoms with Gasteiger partial charge in [0.2, 0.25) is 0 Å². The van der Waals surface area contributed by atoms with Crippen LogP contribution in [0.4, 0.5) is 11.4 Å². The number of nitrogens with two attached hydrogens (primary N) is 2. The summed E-state index contributed by atoms with van der Waals surface area (Å²) < 4.78 is 0. The number of carbonyl (C=O) groups is 1. The number of amides is 1. The van der Waals surface area contributed by atoms with Crippen molar-refractivity contribution in [3.8, 4) is 0 Å². The molecule has 132 valence electrons. The highest BCUT2D eigenvalue weighted by Crippen LogP contribution is 2.21. The Labute approximate surface area is 149 Å². The van der Waals surface area contributed by atoms with Gasteiger partial charge in [0.05, 0.1) is 11.2 Å². The average Bonchev–Trinajstić information content (AvgIpc) is 2.60. The zero-order valence-electron chi connectivity index (χ0n) is 14.4. The van der Waals surface area contributed by atoms with E-state index in [1.807, 2.05) is 0 Å². The van der Waals surface area contributed by atoms with Crippen LogP contribution in [-0.2, 0) is 0 Å². The molecule has 0 aliphatic heterocycles. The molecular formula is C18H18N6O2. The van der Waals surface area contributed by atoms with Crippen molar-refractivity contribution in [2.24, 2.45) is 10.7 Å². The number of aromatic amines is 1. The molecule has 0 atom stereocenters. The second kappa shape index (κ2) is 6.67. The van der Waals surface area contributed by atoms with Crippen molar-refractivity contribution >= 4 is 34.0 Å². The zero-order valence-corrected chi connectivity index (χ0v) is 14.4. The van der Waals surface area contributed by atoms with E-state index >= 15 is 0 Å². The molecule has 3 aromatic rings. The highest BCUT2D eigenvalue weighted by Gasteiger charge is 2.11. The summed E-state index contributed by atoms with van der Waals surface area (Å²) in [6.07, 6.45) is 1.45. The van der Waals surface area contributed by atoms with E-state index in [1.54, 1.807) is 50.5 Å². The van der Waals surface area contributed by atoms with Crippen molar-refractivity contribution in [1.82, 2.24) is 14.9 Å². The van der Waals surface area contributed by atoms with Crippen molar-refractivity contribution < 1.29 is 4.79 Å². The van der Waals surface area contributed by atoms with Gasteiger partial charge in [0, 0.05) is 31.4 Å². The number of H-pyrrole nitrogens is 1. The van der Waals surface area contributed by atoms with Crippen LogP contribution in [0, 0.1) is 0 Å². The number of aromatic nitrogens is 2. The van der Waals surface area contributed by atoms with Crippen LogP contribution in [0.3, 0.4) is 0 Å². The van der Waals surface area contributed by atoms with E-state index in [1.165, 1.54) is 11.1 Å². The quantitative estimate of drug-likeness (QED) is 0.483. The summed E-state index contributed by atoms with van der Waals surface area (Å²) in [5, 5.41) is 0.796. The molecule has 8 heteroatoms. The molecule has 2 aromatic heterocycles. The van der Waals surface area contributed by atoms with Gasteiger partial charge in [-0.25, -0.2) is 9.98 Å². The Morgan fingerprint density at radius 3 is 2.65 bits per heavy atom. The molecule has 0 saturated carbocycles. The second-order valence-electron chi connectivity index (χ2n) is 5.91. The topological polar surface area (TPSA) is 130 Å². The minimum atomic E-state index is -0.402. The molecule has 0 bridgehead atoms. The summed E-state index contributed by atoms with van der Waals surface area (Å²) in [7, 11) is 3.34. The molecule has 0 saturated heterocycles. The van der Waals surface area contributed by atoms with Crippen molar-refractivity contribution in [2.45, 2.75) is 0 Å². The fourth-order valence-corrected chi connectivity index (χ4v) is 2.48. The maximum atomic E-state index is 12.0. The van der Waals surface area contributed by atoms with Crippen LogP contribution < -0.4 is 17.0 Å². The highest BCUT2D eigenvalue weighted by atomic mass is 16.2. The molecule has 1 aromatic carbocycles. The van der Waals surface area contributed by atoms with Crippen molar-refractivity contribution in [3.63, 3.8) is 0 Å². The van der Waals surface area contributed by atoms with Crippen LogP contribution in [-0.4, -0.2) is 40.7 Å². The van der Waals surface area contributed by atoms with E-state index in [0.717, 1.165) is 5.39 Å². The maximum absolute atomic E-state index is 12.0. The third-order valence-corrected chi connectivity index (χ3v) is 3.80. The standard InChI is InChI=1S/C18H18N6O2/c1-24(2)18(26)14-5-3-10-9-11(4-6-13(10)23-14)22-16(20)15-12(19)7-8-21-17(15)25/h3-9H,1-2H3,(H2,20,22)(H3,19,21,25). The summed E-state index contributed by atoms with van der Waals surface area (Å²) in [6, 6.07) is 10.2. The maximum Gasteiger partial charge on any atom is 0.271 e. The third kappa shape index (κ3) is 3.25. The Morgan fingerprint density at radius 1 is 1.19 bits per heavy atom. The van der Waals surface area contributed by atoms with E-state index in [4.69, 9.17) is 11.5 Å². The molecule has 8 nitrogen and oxygen atoms in total. The number of benzene rings is 1. The van der Waals surface area contributed by atoms with Crippen LogP contribution in [0.1, 0.15) is 16.1 Å². The van der Waals surface area contributed by atoms with E-state index < -0.39 is 5.56 Å². The first kappa shape index (κ1) is 17.2. The number of fused-ring (bicyclic) bond motifs is 1. The summed E-state index contributed by atoms with van der Waals surface area (Å²) >= 11 is 0. The van der Waals surface area contributed by atoms with Crippen molar-refractivity contribution in [3.05, 3.63) is 64.2 Å². The van der Waals surface area contributed by atoms with Crippen LogP contribution in [0.15, 0.2) is 52.4 Å². The number of carbonyl (C=O) groups excluding carboxylic acids is 1. The van der Waals surface area contributed by atoms with Gasteiger partial charge in [-0.3, -0.25) is 9.59 Å². The molecule has 0 radical (unpaired) electrons. The first-order valence-corrected chi connectivity index (χ1v) is 7.81. The molecule has 0 aliphatic rings. The van der Waals surface area contributed by atoms with Crippen LogP contribution in [0.2, 0.25) is 0 Å². The zero-order chi connectivity index (χ0) is 18.8. The Bertz CT molecular complexity index is 1080. The second-order valence-corrected chi connectivity index (χ2v) is 5.91. The summed E-state index contributed by atoms with van der Waals surface area (Å²) in [5.74, 6) is -0.145. The van der Waals surface area contributed by atoms with Gasteiger partial charge in [0.15, 0.2) is 0 Å². The lowest BCUT2D eigenvalue weighted by Gasteiger charge is -2.10. The van der Waals surface area contributed by atoms with E-state index in [-0.39, 0.29) is 23.0 Å². The Balaban J connectivity index is 2.00. The van der Waals surface area contributed by atoms with Gasteiger partial charge in [-0.05, 0) is 30.3 Å². The molecule has 0 spiro atoms. The van der Waals surface area contributed by atoms with Crippen LogP contribution in [0.25, 0.3) is 10.9 Å². The van der Waals surface area contributed by atoms with Crippen LogP contribution in [0.5, 0.6) is 0 Å². The summed E-state index contributed by atoms with van der Waals surface area (Å²) in [6.45, 7) is 0. The first-order chi connectivity index (χ1) is 12.4. The average molecular weight is 350 g/mol. The minimum Gasteiger partial charge on any atom is -0.398 e. The highest BCUT2D eigenvalue weighted by molar-refractivity contribution is 6.03. The molecule has 0 aliphatic carbocycles. The predicted octanol–water partition coefficient (Wildman–Crippen LogP) is 1.24. The Morgan fingerprint density at radius 2 is 1.96 bits per heavy atom. The molecule has 2 heterocycles. The normalized spacial score (nSPS) is 11.5. The Hall–Kier alpha value is -3.68. The number of nitrogen functional groups attached to an aromatic ring is 1. The van der Waals surface area contributed by atoms with Gasteiger partial charge in [-0.1, -0.05) is 6.07 Å². The lowest BCUT2D eigenvalue weighted by molar-refractivity contribution is 0.0822. The van der Waals surface area contributed by atoms with E-state index in [0.29, 0.717) is 16.9 Å². The number of pyridine rings is 2. The lowest BCUT2D eigenvalue weighted by atomic mass is 10.1. The SMILES string of the molecule is CN(C)C(=O)c1ccc2cc(N=C(N)c3c(N)cc[nH]c3=O)ccc2n1. The number of anilines is 1. The fourth-order valence-electron chi connectivity index (χ4n) is 2.48. The number of nitrogens with one attached hydrogen (secondary N) is 1. The van der Waals surface area contributed by atoms with Gasteiger partial charge in [0.25, 0.3) is 11.5 Å². The number of hydrogen-bond donors (Lipinski definition) is 3. The van der Waals surface area contributed by atoms with Gasteiger partial charge >= 0.3 is 0 Å². The van der Waals surface area contributed by atoms with Gasteiger partial charge < -0.3 is 21.4 Å². The summed E-state index contributed by atoms with van der Waals surface area (Å²) in [5.41, 5.74) is 13.3. The first-order valence-electron chi connectivity index (χ1n) is 7.81. The van der Waals surface area contributed by atoms with Crippen molar-refractivity contribution in [1.29, 1.82) is 0 Å². The third-order valence-electron chi connectivity index (χ3n) is 3.80. The molecular weight excluding hydrogens is 332 g/mol. The van der Waals surface area contributed by atoms with E-state index in [9.17, 15) is 9.59 Å². The van der Waals surface area contributed by atoms with Crippen molar-refractivity contribution in [2.75, 3.05) is 19.8 Å². The lowest BCUT2D eigenvalue weighted by Crippen LogP contribution is -2.25. The predicted molar refractivity (Wildman–Crippen MR) is 102 cm³/mol. The number of amidine groups is 1. The Kier molecular flexibility index (Phi) is 4.40. The number of hydrogen-bond acceptors (Lipinski definition) is 5. The minimum absolute atomic E-state index is 0.0241.